The number of ether oxygens (including phenoxy) is 1. The Kier molecular flexibility index (Phi) is 3.40. The van der Waals surface area contributed by atoms with Crippen molar-refractivity contribution in [1.29, 1.82) is 0 Å². The van der Waals surface area contributed by atoms with Crippen LogP contribution < -0.4 is 10.5 Å². The molecule has 1 rings (SSSR count). The maximum absolute atomic E-state index is 6.00. The van der Waals surface area contributed by atoms with Crippen molar-refractivity contribution in [3.05, 3.63) is 27.8 Å². The first-order valence-corrected chi connectivity index (χ1v) is 5.31. The topological polar surface area (TPSA) is 35.2 Å². The van der Waals surface area contributed by atoms with Gasteiger partial charge in [0.1, 0.15) is 5.75 Å². The Morgan fingerprint density at radius 2 is 1.40 bits per heavy atom. The van der Waals surface area contributed by atoms with E-state index in [-0.39, 0.29) is 6.04 Å². The number of benzene rings is 1. The molecule has 2 heteroatoms. The minimum absolute atomic E-state index is 0.0120. The minimum atomic E-state index is 0.0120. The highest BCUT2D eigenvalue weighted by molar-refractivity contribution is 5.55. The molecule has 0 aliphatic heterocycles. The molecular formula is C13H21NO. The van der Waals surface area contributed by atoms with Gasteiger partial charge in [0, 0.05) is 11.6 Å². The van der Waals surface area contributed by atoms with Crippen LogP contribution in [0.3, 0.4) is 0 Å². The molecule has 1 aromatic carbocycles. The quantitative estimate of drug-likeness (QED) is 0.809. The predicted molar refractivity (Wildman–Crippen MR) is 64.5 cm³/mol. The van der Waals surface area contributed by atoms with Gasteiger partial charge in [0.2, 0.25) is 0 Å². The molecule has 0 amide bonds. The summed E-state index contributed by atoms with van der Waals surface area (Å²) in [5, 5.41) is 0. The Hall–Kier alpha value is -1.02. The molecular weight excluding hydrogens is 186 g/mol. The van der Waals surface area contributed by atoms with Crippen molar-refractivity contribution < 1.29 is 4.74 Å². The smallest absolute Gasteiger partial charge is 0.127 e. The predicted octanol–water partition coefficient (Wildman–Crippen LogP) is 2.95. The summed E-state index contributed by atoms with van der Waals surface area (Å²) in [5.41, 5.74) is 12.2. The highest BCUT2D eigenvalue weighted by atomic mass is 16.5. The van der Waals surface area contributed by atoms with Gasteiger partial charge in [-0.25, -0.2) is 0 Å². The van der Waals surface area contributed by atoms with E-state index in [1.54, 1.807) is 7.11 Å². The van der Waals surface area contributed by atoms with Gasteiger partial charge >= 0.3 is 0 Å². The molecule has 0 saturated carbocycles. The van der Waals surface area contributed by atoms with Crippen LogP contribution in [0, 0.1) is 27.7 Å². The molecule has 1 unspecified atom stereocenters. The normalized spacial score (nSPS) is 12.7. The second-order valence-corrected chi connectivity index (χ2v) is 4.24. The molecule has 0 spiro atoms. The minimum Gasteiger partial charge on any atom is -0.496 e. The van der Waals surface area contributed by atoms with Gasteiger partial charge < -0.3 is 10.5 Å². The fourth-order valence-corrected chi connectivity index (χ4v) is 2.12. The zero-order valence-electron chi connectivity index (χ0n) is 10.6. The molecule has 1 atom stereocenters. The lowest BCUT2D eigenvalue weighted by atomic mass is 9.90. The Morgan fingerprint density at radius 3 is 1.80 bits per heavy atom. The second kappa shape index (κ2) is 4.23. The van der Waals surface area contributed by atoms with E-state index in [4.69, 9.17) is 10.5 Å². The molecule has 1 aromatic rings. The third kappa shape index (κ3) is 1.86. The fraction of sp³-hybridized carbons (Fsp3) is 0.538. The van der Waals surface area contributed by atoms with Crippen molar-refractivity contribution in [2.45, 2.75) is 40.7 Å². The molecule has 15 heavy (non-hydrogen) atoms. The van der Waals surface area contributed by atoms with E-state index in [1.807, 2.05) is 6.92 Å². The lowest BCUT2D eigenvalue weighted by Gasteiger charge is -2.21. The van der Waals surface area contributed by atoms with Crippen molar-refractivity contribution in [2.75, 3.05) is 7.11 Å². The van der Waals surface area contributed by atoms with Crippen LogP contribution in [-0.4, -0.2) is 7.11 Å². The van der Waals surface area contributed by atoms with Crippen LogP contribution in [0.4, 0.5) is 0 Å². The van der Waals surface area contributed by atoms with Crippen LogP contribution in [0.25, 0.3) is 0 Å². The first-order chi connectivity index (χ1) is 6.91. The van der Waals surface area contributed by atoms with E-state index in [0.29, 0.717) is 0 Å². The summed E-state index contributed by atoms with van der Waals surface area (Å²) in [4.78, 5) is 0. The van der Waals surface area contributed by atoms with E-state index in [1.165, 1.54) is 22.3 Å². The zero-order valence-corrected chi connectivity index (χ0v) is 10.6. The van der Waals surface area contributed by atoms with Crippen LogP contribution >= 0.6 is 0 Å². The Morgan fingerprint density at radius 1 is 0.933 bits per heavy atom. The SMILES string of the molecule is COc1c(C)c(C)c(C)c(C)c1C(C)N. The molecule has 2 N–H and O–H groups in total. The Bertz CT molecular complexity index is 381. The van der Waals surface area contributed by atoms with Gasteiger partial charge in [0.15, 0.2) is 0 Å². The van der Waals surface area contributed by atoms with E-state index >= 15 is 0 Å². The molecule has 0 aliphatic carbocycles. The molecule has 0 aromatic heterocycles. The first kappa shape index (κ1) is 12.1. The Balaban J connectivity index is 3.62. The van der Waals surface area contributed by atoms with Crippen LogP contribution in [0.15, 0.2) is 0 Å². The van der Waals surface area contributed by atoms with Crippen molar-refractivity contribution >= 4 is 0 Å². The third-order valence-corrected chi connectivity index (χ3v) is 3.34. The van der Waals surface area contributed by atoms with Crippen molar-refractivity contribution in [3.63, 3.8) is 0 Å². The molecule has 2 nitrogen and oxygen atoms in total. The maximum Gasteiger partial charge on any atom is 0.127 e. The summed E-state index contributed by atoms with van der Waals surface area (Å²) in [6.07, 6.45) is 0. The van der Waals surface area contributed by atoms with E-state index in [2.05, 4.69) is 27.7 Å². The number of hydrogen-bond acceptors (Lipinski definition) is 2. The van der Waals surface area contributed by atoms with Gasteiger partial charge in [0.25, 0.3) is 0 Å². The van der Waals surface area contributed by atoms with E-state index in [9.17, 15) is 0 Å². The van der Waals surface area contributed by atoms with Crippen LogP contribution in [-0.2, 0) is 0 Å². The van der Waals surface area contributed by atoms with Crippen LogP contribution in [0.1, 0.15) is 40.8 Å². The summed E-state index contributed by atoms with van der Waals surface area (Å²) < 4.78 is 5.47. The number of hydrogen-bond donors (Lipinski definition) is 1. The molecule has 0 aliphatic rings. The molecule has 0 saturated heterocycles. The number of nitrogens with two attached hydrogens (primary N) is 1. The average molecular weight is 207 g/mol. The fourth-order valence-electron chi connectivity index (χ4n) is 2.12. The molecule has 0 radical (unpaired) electrons. The van der Waals surface area contributed by atoms with E-state index in [0.717, 1.165) is 11.3 Å². The first-order valence-electron chi connectivity index (χ1n) is 5.31. The summed E-state index contributed by atoms with van der Waals surface area (Å²) in [7, 11) is 1.71. The standard InChI is InChI=1S/C13H21NO/c1-7-8(2)10(4)13(15-6)12(9(7)3)11(5)14/h11H,14H2,1-6H3. The summed E-state index contributed by atoms with van der Waals surface area (Å²) in [6, 6.07) is 0.0120. The van der Waals surface area contributed by atoms with Gasteiger partial charge in [0.05, 0.1) is 7.11 Å². The van der Waals surface area contributed by atoms with Gasteiger partial charge in [-0.2, -0.15) is 0 Å². The molecule has 0 fully saturated rings. The average Bonchev–Trinajstić information content (AvgIpc) is 2.19. The van der Waals surface area contributed by atoms with Gasteiger partial charge in [-0.3, -0.25) is 0 Å². The molecule has 0 heterocycles. The van der Waals surface area contributed by atoms with Crippen molar-refractivity contribution in [3.8, 4) is 5.75 Å². The van der Waals surface area contributed by atoms with Gasteiger partial charge in [-0.15, -0.1) is 0 Å². The van der Waals surface area contributed by atoms with Crippen LogP contribution in [0.5, 0.6) is 5.75 Å². The summed E-state index contributed by atoms with van der Waals surface area (Å²) in [5.74, 6) is 0.950. The largest absolute Gasteiger partial charge is 0.496 e. The monoisotopic (exact) mass is 207 g/mol. The number of rotatable bonds is 2. The summed E-state index contributed by atoms with van der Waals surface area (Å²) in [6.45, 7) is 10.5. The maximum atomic E-state index is 6.00. The van der Waals surface area contributed by atoms with Gasteiger partial charge in [-0.05, 0) is 56.9 Å². The highest BCUT2D eigenvalue weighted by Crippen LogP contribution is 2.35. The third-order valence-electron chi connectivity index (χ3n) is 3.34. The lowest BCUT2D eigenvalue weighted by molar-refractivity contribution is 0.402. The van der Waals surface area contributed by atoms with Crippen molar-refractivity contribution in [2.24, 2.45) is 5.73 Å². The Labute approximate surface area is 92.4 Å². The second-order valence-electron chi connectivity index (χ2n) is 4.24. The highest BCUT2D eigenvalue weighted by Gasteiger charge is 2.17. The zero-order chi connectivity index (χ0) is 11.7. The van der Waals surface area contributed by atoms with Crippen LogP contribution in [0.2, 0.25) is 0 Å². The van der Waals surface area contributed by atoms with E-state index < -0.39 is 0 Å². The molecule has 0 bridgehead atoms. The molecule has 84 valence electrons. The van der Waals surface area contributed by atoms with Crippen molar-refractivity contribution in [1.82, 2.24) is 0 Å². The van der Waals surface area contributed by atoms with Gasteiger partial charge in [-0.1, -0.05) is 0 Å². The summed E-state index contributed by atoms with van der Waals surface area (Å²) >= 11 is 0. The lowest BCUT2D eigenvalue weighted by Crippen LogP contribution is -2.12. The number of methoxy groups -OCH3 is 1.